The van der Waals surface area contributed by atoms with Crippen LogP contribution in [-0.4, -0.2) is 18.8 Å². The van der Waals surface area contributed by atoms with E-state index < -0.39 is 0 Å². The van der Waals surface area contributed by atoms with Gasteiger partial charge in [0.25, 0.3) is 0 Å². The molecule has 18 heavy (non-hydrogen) atoms. The molecule has 1 fully saturated rings. The van der Waals surface area contributed by atoms with Crippen LogP contribution < -0.4 is 5.73 Å². The fraction of sp³-hybridized carbons (Fsp3) is 1.00. The van der Waals surface area contributed by atoms with Gasteiger partial charge in [-0.2, -0.15) is 0 Å². The first-order valence-corrected chi connectivity index (χ1v) is 8.06. The summed E-state index contributed by atoms with van der Waals surface area (Å²) in [5, 5.41) is 0. The Hall–Kier alpha value is -0.0800. The lowest BCUT2D eigenvalue weighted by atomic mass is 9.73. The summed E-state index contributed by atoms with van der Waals surface area (Å²) in [4.78, 5) is 0. The van der Waals surface area contributed by atoms with Crippen LogP contribution in [0.2, 0.25) is 0 Å². The Morgan fingerprint density at radius 1 is 1.00 bits per heavy atom. The molecule has 2 heteroatoms. The van der Waals surface area contributed by atoms with Crippen LogP contribution in [0.5, 0.6) is 0 Å². The van der Waals surface area contributed by atoms with Gasteiger partial charge in [-0.3, -0.25) is 0 Å². The number of methoxy groups -OCH3 is 1. The van der Waals surface area contributed by atoms with Crippen molar-refractivity contribution >= 4 is 0 Å². The van der Waals surface area contributed by atoms with Crippen LogP contribution in [0.4, 0.5) is 0 Å². The molecule has 1 unspecified atom stereocenters. The Kier molecular flexibility index (Phi) is 7.92. The van der Waals surface area contributed by atoms with Gasteiger partial charge in [0, 0.05) is 13.2 Å². The maximum Gasteiger partial charge on any atom is 0.0828 e. The smallest absolute Gasteiger partial charge is 0.0828 e. The van der Waals surface area contributed by atoms with Gasteiger partial charge in [-0.1, -0.05) is 58.3 Å². The molecule has 0 amide bonds. The molecule has 1 aliphatic rings. The third-order valence-corrected chi connectivity index (χ3v) is 4.65. The van der Waals surface area contributed by atoms with Crippen molar-refractivity contribution in [3.05, 3.63) is 0 Å². The van der Waals surface area contributed by atoms with Crippen LogP contribution in [-0.2, 0) is 4.74 Å². The first kappa shape index (κ1) is 16.0. The van der Waals surface area contributed by atoms with Gasteiger partial charge in [0.15, 0.2) is 0 Å². The SMILES string of the molecule is CCCCCCCCCCC(N)C1(OC)CCC1. The van der Waals surface area contributed by atoms with E-state index in [4.69, 9.17) is 10.5 Å². The van der Waals surface area contributed by atoms with Crippen LogP contribution in [0.1, 0.15) is 84.0 Å². The highest BCUT2D eigenvalue weighted by molar-refractivity contribution is 4.97. The summed E-state index contributed by atoms with van der Waals surface area (Å²) >= 11 is 0. The largest absolute Gasteiger partial charge is 0.377 e. The van der Waals surface area contributed by atoms with Crippen LogP contribution in [0.15, 0.2) is 0 Å². The highest BCUT2D eigenvalue weighted by Gasteiger charge is 2.42. The third kappa shape index (κ3) is 4.89. The minimum Gasteiger partial charge on any atom is -0.377 e. The molecule has 0 aromatic carbocycles. The second-order valence-corrected chi connectivity index (χ2v) is 5.99. The lowest BCUT2D eigenvalue weighted by Gasteiger charge is -2.45. The van der Waals surface area contributed by atoms with Crippen molar-refractivity contribution in [2.24, 2.45) is 5.73 Å². The summed E-state index contributed by atoms with van der Waals surface area (Å²) in [6.07, 6.45) is 15.8. The zero-order chi connectivity index (χ0) is 13.3. The van der Waals surface area contributed by atoms with E-state index >= 15 is 0 Å². The Balaban J connectivity index is 1.94. The highest BCUT2D eigenvalue weighted by atomic mass is 16.5. The summed E-state index contributed by atoms with van der Waals surface area (Å²) in [6, 6.07) is 0.261. The highest BCUT2D eigenvalue weighted by Crippen LogP contribution is 2.38. The number of rotatable bonds is 11. The summed E-state index contributed by atoms with van der Waals surface area (Å²) < 4.78 is 5.63. The lowest BCUT2D eigenvalue weighted by molar-refractivity contribution is -0.0917. The molecule has 2 nitrogen and oxygen atoms in total. The number of nitrogens with two attached hydrogens (primary N) is 1. The van der Waals surface area contributed by atoms with Crippen molar-refractivity contribution in [1.82, 2.24) is 0 Å². The standard InChI is InChI=1S/C16H33NO/c1-3-4-5-6-7-8-9-10-12-15(17)16(18-2)13-11-14-16/h15H,3-14,17H2,1-2H3. The molecule has 1 aliphatic carbocycles. The number of hydrogen-bond acceptors (Lipinski definition) is 2. The normalized spacial score (nSPS) is 19.5. The van der Waals surface area contributed by atoms with Crippen molar-refractivity contribution < 1.29 is 4.74 Å². The molecule has 0 aromatic rings. The van der Waals surface area contributed by atoms with Crippen molar-refractivity contribution in [2.45, 2.75) is 95.6 Å². The fourth-order valence-electron chi connectivity index (χ4n) is 3.01. The minimum absolute atomic E-state index is 0.0428. The predicted molar refractivity (Wildman–Crippen MR) is 78.8 cm³/mol. The molecule has 1 saturated carbocycles. The van der Waals surface area contributed by atoms with E-state index in [1.807, 2.05) is 7.11 Å². The molecule has 1 atom stereocenters. The van der Waals surface area contributed by atoms with Crippen molar-refractivity contribution in [1.29, 1.82) is 0 Å². The summed E-state index contributed by atoms with van der Waals surface area (Å²) in [5.74, 6) is 0. The zero-order valence-electron chi connectivity index (χ0n) is 12.5. The Labute approximate surface area is 114 Å². The summed E-state index contributed by atoms with van der Waals surface area (Å²) in [7, 11) is 1.83. The zero-order valence-corrected chi connectivity index (χ0v) is 12.5. The molecule has 108 valence electrons. The minimum atomic E-state index is 0.0428. The number of hydrogen-bond donors (Lipinski definition) is 1. The quantitative estimate of drug-likeness (QED) is 0.555. The van der Waals surface area contributed by atoms with Gasteiger partial charge < -0.3 is 10.5 Å². The Bertz CT molecular complexity index is 196. The van der Waals surface area contributed by atoms with E-state index in [1.54, 1.807) is 0 Å². The molecule has 0 radical (unpaired) electrons. The number of unbranched alkanes of at least 4 members (excludes halogenated alkanes) is 7. The molecule has 0 bridgehead atoms. The predicted octanol–water partition coefficient (Wildman–Crippen LogP) is 4.41. The molecule has 1 rings (SSSR count). The average molecular weight is 255 g/mol. The van der Waals surface area contributed by atoms with E-state index in [0.717, 1.165) is 6.42 Å². The van der Waals surface area contributed by atoms with Gasteiger partial charge in [-0.15, -0.1) is 0 Å². The van der Waals surface area contributed by atoms with Gasteiger partial charge in [-0.25, -0.2) is 0 Å². The molecule has 0 spiro atoms. The van der Waals surface area contributed by atoms with Gasteiger partial charge in [-0.05, 0) is 25.7 Å². The van der Waals surface area contributed by atoms with Crippen molar-refractivity contribution in [3.8, 4) is 0 Å². The number of ether oxygens (including phenoxy) is 1. The topological polar surface area (TPSA) is 35.2 Å². The van der Waals surface area contributed by atoms with E-state index in [9.17, 15) is 0 Å². The summed E-state index contributed by atoms with van der Waals surface area (Å²) in [5.41, 5.74) is 6.32. The van der Waals surface area contributed by atoms with E-state index in [0.29, 0.717) is 0 Å². The second kappa shape index (κ2) is 8.92. The van der Waals surface area contributed by atoms with Crippen LogP contribution in [0.3, 0.4) is 0 Å². The monoisotopic (exact) mass is 255 g/mol. The first-order chi connectivity index (χ1) is 8.75. The van der Waals surface area contributed by atoms with Gasteiger partial charge in [0.2, 0.25) is 0 Å². The van der Waals surface area contributed by atoms with E-state index in [2.05, 4.69) is 6.92 Å². The average Bonchev–Trinajstić information content (AvgIpc) is 2.32. The molecule has 2 N–H and O–H groups in total. The van der Waals surface area contributed by atoms with Crippen LogP contribution in [0, 0.1) is 0 Å². The van der Waals surface area contributed by atoms with Crippen molar-refractivity contribution in [2.75, 3.05) is 7.11 Å². The molecule has 0 saturated heterocycles. The van der Waals surface area contributed by atoms with Crippen molar-refractivity contribution in [3.63, 3.8) is 0 Å². The second-order valence-electron chi connectivity index (χ2n) is 5.99. The van der Waals surface area contributed by atoms with Crippen LogP contribution >= 0.6 is 0 Å². The third-order valence-electron chi connectivity index (χ3n) is 4.65. The summed E-state index contributed by atoms with van der Waals surface area (Å²) in [6.45, 7) is 2.27. The molecule has 0 heterocycles. The van der Waals surface area contributed by atoms with Gasteiger partial charge >= 0.3 is 0 Å². The lowest BCUT2D eigenvalue weighted by Crippen LogP contribution is -2.54. The van der Waals surface area contributed by atoms with Crippen LogP contribution in [0.25, 0.3) is 0 Å². The van der Waals surface area contributed by atoms with Gasteiger partial charge in [0.05, 0.1) is 5.60 Å². The fourth-order valence-corrected chi connectivity index (χ4v) is 3.01. The Morgan fingerprint density at radius 3 is 2.00 bits per heavy atom. The molecule has 0 aliphatic heterocycles. The van der Waals surface area contributed by atoms with Gasteiger partial charge in [0.1, 0.15) is 0 Å². The Morgan fingerprint density at radius 2 is 1.56 bits per heavy atom. The maximum absolute atomic E-state index is 6.28. The molecule has 0 aromatic heterocycles. The first-order valence-electron chi connectivity index (χ1n) is 8.06. The molecular formula is C16H33NO. The van der Waals surface area contributed by atoms with E-state index in [1.165, 1.54) is 70.6 Å². The van der Waals surface area contributed by atoms with E-state index in [-0.39, 0.29) is 11.6 Å². The maximum atomic E-state index is 6.28. The molecular weight excluding hydrogens is 222 g/mol.